The summed E-state index contributed by atoms with van der Waals surface area (Å²) in [6.07, 6.45) is 3.49. The predicted molar refractivity (Wildman–Crippen MR) is 92.6 cm³/mol. The maximum atomic E-state index is 12.7. The first-order chi connectivity index (χ1) is 11.6. The summed E-state index contributed by atoms with van der Waals surface area (Å²) in [6, 6.07) is 0. The molecular weight excluding hydrogens is 320 g/mol. The Morgan fingerprint density at radius 3 is 2.44 bits per heavy atom. The number of Topliss-reactive ketones (excluding diaryl/α,β-unsaturated/α-hetero) is 2. The number of aliphatic hydroxyl groups is 3. The van der Waals surface area contributed by atoms with E-state index in [1.165, 1.54) is 0 Å². The third kappa shape index (κ3) is 2.33. The van der Waals surface area contributed by atoms with E-state index in [1.54, 1.807) is 26.0 Å². The summed E-state index contributed by atoms with van der Waals surface area (Å²) in [5.41, 5.74) is -0.999. The van der Waals surface area contributed by atoms with E-state index < -0.39 is 34.7 Å². The fourth-order valence-electron chi connectivity index (χ4n) is 4.97. The van der Waals surface area contributed by atoms with Gasteiger partial charge >= 0.3 is 0 Å². The summed E-state index contributed by atoms with van der Waals surface area (Å²) >= 11 is 0. The molecule has 0 bridgehead atoms. The Labute approximate surface area is 147 Å². The molecule has 5 nitrogen and oxygen atoms in total. The van der Waals surface area contributed by atoms with E-state index in [0.717, 1.165) is 5.57 Å². The number of rotatable bonds is 1. The molecule has 0 saturated heterocycles. The van der Waals surface area contributed by atoms with Crippen LogP contribution in [-0.4, -0.2) is 44.7 Å². The van der Waals surface area contributed by atoms with E-state index in [4.69, 9.17) is 0 Å². The molecule has 1 fully saturated rings. The maximum Gasteiger partial charge on any atom is 0.190 e. The van der Waals surface area contributed by atoms with Crippen molar-refractivity contribution in [2.75, 3.05) is 6.61 Å². The number of hydrogen-bond donors (Lipinski definition) is 3. The second-order valence-electron chi connectivity index (χ2n) is 8.05. The molecule has 0 aliphatic heterocycles. The van der Waals surface area contributed by atoms with E-state index in [-0.39, 0.29) is 25.2 Å². The minimum atomic E-state index is -1.77. The molecular formula is C20H26O5. The standard InChI is InChI=1S/C20H26O5/c1-10(2)17-14-7-13(9-21)8-19(24)16(5-11(3)18(19)23)20(14,25)12(4)6-15(17)22/h5,7,12,14,16,21,24-25H,6,8-9H2,1-4H3. The van der Waals surface area contributed by atoms with Crippen molar-refractivity contribution in [3.05, 3.63) is 34.4 Å². The van der Waals surface area contributed by atoms with Gasteiger partial charge in [0.05, 0.1) is 12.2 Å². The Hall–Kier alpha value is -1.56. The van der Waals surface area contributed by atoms with Crippen LogP contribution < -0.4 is 0 Å². The van der Waals surface area contributed by atoms with E-state index >= 15 is 0 Å². The Kier molecular flexibility index (Phi) is 4.18. The molecule has 0 radical (unpaired) electrons. The molecule has 0 aromatic carbocycles. The minimum Gasteiger partial charge on any atom is -0.392 e. The van der Waals surface area contributed by atoms with Gasteiger partial charge in [-0.25, -0.2) is 0 Å². The summed E-state index contributed by atoms with van der Waals surface area (Å²) in [4.78, 5) is 25.3. The summed E-state index contributed by atoms with van der Waals surface area (Å²) < 4.78 is 0. The number of carbonyl (C=O) groups excluding carboxylic acids is 2. The highest BCUT2D eigenvalue weighted by molar-refractivity contribution is 6.05. The van der Waals surface area contributed by atoms with Crippen LogP contribution in [0.1, 0.15) is 40.5 Å². The topological polar surface area (TPSA) is 94.8 Å². The highest BCUT2D eigenvalue weighted by Crippen LogP contribution is 2.55. The molecule has 1 saturated carbocycles. The van der Waals surface area contributed by atoms with Gasteiger partial charge in [-0.1, -0.05) is 24.6 Å². The molecule has 0 heterocycles. The third-order valence-corrected chi connectivity index (χ3v) is 6.21. The van der Waals surface area contributed by atoms with Crippen molar-refractivity contribution in [2.45, 2.75) is 51.7 Å². The molecule has 3 N–H and O–H groups in total. The van der Waals surface area contributed by atoms with Crippen LogP contribution in [0.25, 0.3) is 0 Å². The fraction of sp³-hybridized carbons (Fsp3) is 0.600. The molecule has 136 valence electrons. The third-order valence-electron chi connectivity index (χ3n) is 6.21. The number of ketones is 2. The van der Waals surface area contributed by atoms with Gasteiger partial charge in [-0.2, -0.15) is 0 Å². The number of carbonyl (C=O) groups is 2. The van der Waals surface area contributed by atoms with Crippen LogP contribution in [0, 0.1) is 17.8 Å². The van der Waals surface area contributed by atoms with Crippen LogP contribution in [0.15, 0.2) is 34.4 Å². The van der Waals surface area contributed by atoms with Gasteiger partial charge < -0.3 is 15.3 Å². The number of fused-ring (bicyclic) bond motifs is 3. The van der Waals surface area contributed by atoms with Gasteiger partial charge in [0.1, 0.15) is 5.60 Å². The second-order valence-corrected chi connectivity index (χ2v) is 8.05. The SMILES string of the molecule is CC1=CC2C(O)(CC(CO)=CC3C(=C(C)C)C(=O)CC(C)C32O)C1=O. The van der Waals surface area contributed by atoms with Gasteiger partial charge in [0, 0.05) is 30.3 Å². The van der Waals surface area contributed by atoms with Crippen molar-refractivity contribution in [3.63, 3.8) is 0 Å². The lowest BCUT2D eigenvalue weighted by molar-refractivity contribution is -0.164. The van der Waals surface area contributed by atoms with Gasteiger partial charge in [-0.05, 0) is 37.8 Å². The molecule has 0 amide bonds. The van der Waals surface area contributed by atoms with Crippen molar-refractivity contribution >= 4 is 11.6 Å². The van der Waals surface area contributed by atoms with Gasteiger partial charge in [-0.3, -0.25) is 9.59 Å². The highest BCUT2D eigenvalue weighted by atomic mass is 16.3. The Morgan fingerprint density at radius 1 is 1.24 bits per heavy atom. The lowest BCUT2D eigenvalue weighted by Crippen LogP contribution is -2.60. The molecule has 5 heteroatoms. The highest BCUT2D eigenvalue weighted by Gasteiger charge is 2.64. The summed E-state index contributed by atoms with van der Waals surface area (Å²) in [5, 5.41) is 32.8. The largest absolute Gasteiger partial charge is 0.392 e. The molecule has 3 aliphatic rings. The average Bonchev–Trinajstić information content (AvgIpc) is 2.69. The number of aliphatic hydroxyl groups excluding tert-OH is 1. The van der Waals surface area contributed by atoms with E-state index in [9.17, 15) is 24.9 Å². The van der Waals surface area contributed by atoms with Crippen molar-refractivity contribution in [2.24, 2.45) is 17.8 Å². The monoisotopic (exact) mass is 346 g/mol. The quantitative estimate of drug-likeness (QED) is 0.494. The molecule has 5 unspecified atom stereocenters. The van der Waals surface area contributed by atoms with Crippen molar-refractivity contribution in [1.29, 1.82) is 0 Å². The molecule has 25 heavy (non-hydrogen) atoms. The van der Waals surface area contributed by atoms with Gasteiger partial charge in [0.15, 0.2) is 11.6 Å². The van der Waals surface area contributed by atoms with Gasteiger partial charge in [0.25, 0.3) is 0 Å². The van der Waals surface area contributed by atoms with E-state index in [1.807, 2.05) is 13.8 Å². The first-order valence-electron chi connectivity index (χ1n) is 8.76. The molecule has 0 spiro atoms. The number of hydrogen-bond acceptors (Lipinski definition) is 5. The van der Waals surface area contributed by atoms with Crippen LogP contribution >= 0.6 is 0 Å². The van der Waals surface area contributed by atoms with Crippen molar-refractivity contribution in [3.8, 4) is 0 Å². The first kappa shape index (κ1) is 18.2. The molecule has 0 aromatic heterocycles. The number of allylic oxidation sites excluding steroid dienone is 1. The van der Waals surface area contributed by atoms with Crippen molar-refractivity contribution in [1.82, 2.24) is 0 Å². The fourth-order valence-corrected chi connectivity index (χ4v) is 4.97. The zero-order valence-electron chi connectivity index (χ0n) is 15.2. The smallest absolute Gasteiger partial charge is 0.190 e. The van der Waals surface area contributed by atoms with E-state index in [0.29, 0.717) is 16.7 Å². The molecule has 5 atom stereocenters. The zero-order chi connectivity index (χ0) is 18.7. The van der Waals surface area contributed by atoms with Crippen LogP contribution in [-0.2, 0) is 9.59 Å². The Balaban J connectivity index is 2.30. The molecule has 3 rings (SSSR count). The minimum absolute atomic E-state index is 0.0221. The van der Waals surface area contributed by atoms with Crippen molar-refractivity contribution < 1.29 is 24.9 Å². The lowest BCUT2D eigenvalue weighted by atomic mass is 9.58. The van der Waals surface area contributed by atoms with Crippen LogP contribution in [0.5, 0.6) is 0 Å². The van der Waals surface area contributed by atoms with Crippen LogP contribution in [0.3, 0.4) is 0 Å². The van der Waals surface area contributed by atoms with Gasteiger partial charge in [0.2, 0.25) is 0 Å². The first-order valence-corrected chi connectivity index (χ1v) is 8.76. The zero-order valence-corrected chi connectivity index (χ0v) is 15.2. The summed E-state index contributed by atoms with van der Waals surface area (Å²) in [6.45, 7) is 6.75. The van der Waals surface area contributed by atoms with Gasteiger partial charge in [-0.15, -0.1) is 0 Å². The maximum absolute atomic E-state index is 12.7. The predicted octanol–water partition coefficient (Wildman–Crippen LogP) is 1.48. The summed E-state index contributed by atoms with van der Waals surface area (Å²) in [7, 11) is 0. The average molecular weight is 346 g/mol. The summed E-state index contributed by atoms with van der Waals surface area (Å²) in [5.74, 6) is -2.31. The molecule has 0 aromatic rings. The molecule has 3 aliphatic carbocycles. The Morgan fingerprint density at radius 2 is 1.88 bits per heavy atom. The van der Waals surface area contributed by atoms with E-state index in [2.05, 4.69) is 0 Å². The van der Waals surface area contributed by atoms with Crippen LogP contribution in [0.4, 0.5) is 0 Å². The second kappa shape index (κ2) is 5.73. The normalized spacial score (nSPS) is 40.9. The lowest BCUT2D eigenvalue weighted by Gasteiger charge is -2.49. The van der Waals surface area contributed by atoms with Crippen LogP contribution in [0.2, 0.25) is 0 Å². The Bertz CT molecular complexity index is 739.